The van der Waals surface area contributed by atoms with Gasteiger partial charge >= 0.3 is 5.69 Å². The van der Waals surface area contributed by atoms with Gasteiger partial charge in [0.1, 0.15) is 5.82 Å². The van der Waals surface area contributed by atoms with Crippen molar-refractivity contribution >= 4 is 11.5 Å². The van der Waals surface area contributed by atoms with E-state index >= 15 is 0 Å². The first-order valence-electron chi connectivity index (χ1n) is 6.40. The predicted molar refractivity (Wildman–Crippen MR) is 76.2 cm³/mol. The summed E-state index contributed by atoms with van der Waals surface area (Å²) < 4.78 is 5.23. The van der Waals surface area contributed by atoms with Crippen LogP contribution in [0.2, 0.25) is 0 Å². The van der Waals surface area contributed by atoms with Gasteiger partial charge in [-0.3, -0.25) is 15.1 Å². The van der Waals surface area contributed by atoms with Crippen LogP contribution in [-0.4, -0.2) is 26.5 Å². The summed E-state index contributed by atoms with van der Waals surface area (Å²) in [5, 5.41) is 14.2. The second kappa shape index (κ2) is 6.60. The molecule has 2 heterocycles. The van der Waals surface area contributed by atoms with Gasteiger partial charge in [0.15, 0.2) is 0 Å². The second-order valence-electron chi connectivity index (χ2n) is 4.18. The number of aryl methyl sites for hydroxylation is 1. The molecular formula is C13H15N5O3. The highest BCUT2D eigenvalue weighted by atomic mass is 16.6. The molecule has 0 amide bonds. The zero-order chi connectivity index (χ0) is 15.2. The molecule has 0 atom stereocenters. The number of anilines is 1. The number of aromatic nitrogens is 3. The minimum atomic E-state index is -0.546. The van der Waals surface area contributed by atoms with E-state index in [4.69, 9.17) is 4.74 Å². The molecule has 2 aromatic rings. The molecule has 0 bridgehead atoms. The van der Waals surface area contributed by atoms with Crippen LogP contribution in [0.25, 0.3) is 0 Å². The molecule has 0 radical (unpaired) electrons. The Kier molecular flexibility index (Phi) is 4.60. The highest BCUT2D eigenvalue weighted by Crippen LogP contribution is 2.31. The first kappa shape index (κ1) is 14.6. The Labute approximate surface area is 121 Å². The van der Waals surface area contributed by atoms with E-state index in [0.717, 1.165) is 5.56 Å². The van der Waals surface area contributed by atoms with Crippen LogP contribution in [-0.2, 0) is 6.54 Å². The molecule has 0 aliphatic rings. The maximum absolute atomic E-state index is 11.2. The number of ether oxygens (including phenoxy) is 1. The first-order chi connectivity index (χ1) is 10.1. The number of rotatable bonds is 6. The van der Waals surface area contributed by atoms with Gasteiger partial charge in [0.05, 0.1) is 11.5 Å². The Morgan fingerprint density at radius 3 is 2.86 bits per heavy atom. The van der Waals surface area contributed by atoms with Crippen LogP contribution >= 0.6 is 0 Å². The second-order valence-corrected chi connectivity index (χ2v) is 4.18. The van der Waals surface area contributed by atoms with Crippen LogP contribution in [0.4, 0.5) is 11.5 Å². The molecule has 0 unspecified atom stereocenters. The molecule has 8 nitrogen and oxygen atoms in total. The lowest BCUT2D eigenvalue weighted by atomic mass is 10.3. The summed E-state index contributed by atoms with van der Waals surface area (Å²) in [6.45, 7) is 4.06. The third-order valence-electron chi connectivity index (χ3n) is 2.61. The van der Waals surface area contributed by atoms with E-state index in [0.29, 0.717) is 19.0 Å². The fourth-order valence-electron chi connectivity index (χ4n) is 1.75. The van der Waals surface area contributed by atoms with Gasteiger partial charge in [-0.15, -0.1) is 0 Å². The molecular weight excluding hydrogens is 274 g/mol. The topological polar surface area (TPSA) is 103 Å². The van der Waals surface area contributed by atoms with Gasteiger partial charge < -0.3 is 10.1 Å². The Bertz CT molecular complexity index is 633. The average Bonchev–Trinajstić information content (AvgIpc) is 2.45. The van der Waals surface area contributed by atoms with Gasteiger partial charge in [0.2, 0.25) is 5.82 Å². The summed E-state index contributed by atoms with van der Waals surface area (Å²) in [5.74, 6) is 0.515. The fourth-order valence-corrected chi connectivity index (χ4v) is 1.75. The SMILES string of the molecule is CCOc1nc(C)nc(NCc2cccnc2)c1[N+](=O)[O-]. The van der Waals surface area contributed by atoms with Crippen molar-refractivity contribution in [2.75, 3.05) is 11.9 Å². The van der Waals surface area contributed by atoms with Gasteiger partial charge in [-0.1, -0.05) is 6.07 Å². The first-order valence-corrected chi connectivity index (χ1v) is 6.40. The Balaban J connectivity index is 2.30. The minimum absolute atomic E-state index is 0.0244. The summed E-state index contributed by atoms with van der Waals surface area (Å²) in [6.07, 6.45) is 3.34. The van der Waals surface area contributed by atoms with Crippen molar-refractivity contribution in [1.82, 2.24) is 15.0 Å². The van der Waals surface area contributed by atoms with Gasteiger partial charge in [-0.2, -0.15) is 4.98 Å². The van der Waals surface area contributed by atoms with E-state index in [9.17, 15) is 10.1 Å². The number of nitrogens with zero attached hydrogens (tertiary/aromatic N) is 4. The molecule has 0 fully saturated rings. The van der Waals surface area contributed by atoms with E-state index in [-0.39, 0.29) is 17.4 Å². The molecule has 1 N–H and O–H groups in total. The molecule has 2 aromatic heterocycles. The monoisotopic (exact) mass is 289 g/mol. The van der Waals surface area contributed by atoms with Crippen LogP contribution in [0.1, 0.15) is 18.3 Å². The largest absolute Gasteiger partial charge is 0.473 e. The van der Waals surface area contributed by atoms with Crippen molar-refractivity contribution in [2.45, 2.75) is 20.4 Å². The van der Waals surface area contributed by atoms with Crippen molar-refractivity contribution in [3.8, 4) is 5.88 Å². The summed E-state index contributed by atoms with van der Waals surface area (Å²) >= 11 is 0. The summed E-state index contributed by atoms with van der Waals surface area (Å²) in [6, 6.07) is 3.66. The lowest BCUT2D eigenvalue weighted by Gasteiger charge is -2.10. The van der Waals surface area contributed by atoms with Crippen LogP contribution in [0.15, 0.2) is 24.5 Å². The standard InChI is InChI=1S/C13H15N5O3/c1-3-21-13-11(18(19)20)12(16-9(2)17-13)15-8-10-5-4-6-14-7-10/h4-7H,3,8H2,1-2H3,(H,15,16,17). The van der Waals surface area contributed by atoms with E-state index in [1.165, 1.54) is 0 Å². The smallest absolute Gasteiger partial charge is 0.372 e. The number of nitro groups is 1. The van der Waals surface area contributed by atoms with E-state index in [2.05, 4.69) is 20.3 Å². The van der Waals surface area contributed by atoms with Gasteiger partial charge in [-0.05, 0) is 25.5 Å². The Morgan fingerprint density at radius 2 is 2.24 bits per heavy atom. The Hall–Kier alpha value is -2.77. The number of pyridine rings is 1. The maximum atomic E-state index is 11.2. The number of hydrogen-bond donors (Lipinski definition) is 1. The number of nitrogens with one attached hydrogen (secondary N) is 1. The molecule has 0 spiro atoms. The molecule has 110 valence electrons. The zero-order valence-corrected chi connectivity index (χ0v) is 11.7. The van der Waals surface area contributed by atoms with Crippen molar-refractivity contribution in [2.24, 2.45) is 0 Å². The van der Waals surface area contributed by atoms with Crippen molar-refractivity contribution in [3.63, 3.8) is 0 Å². The fraction of sp³-hybridized carbons (Fsp3) is 0.308. The van der Waals surface area contributed by atoms with E-state index in [1.807, 2.05) is 6.07 Å². The normalized spacial score (nSPS) is 10.2. The molecule has 0 saturated carbocycles. The summed E-state index contributed by atoms with van der Waals surface area (Å²) in [4.78, 5) is 22.7. The van der Waals surface area contributed by atoms with Crippen molar-refractivity contribution < 1.29 is 9.66 Å². The number of hydrogen-bond acceptors (Lipinski definition) is 7. The van der Waals surface area contributed by atoms with Gasteiger partial charge in [-0.25, -0.2) is 4.98 Å². The average molecular weight is 289 g/mol. The highest BCUT2D eigenvalue weighted by molar-refractivity contribution is 5.61. The summed E-state index contributed by atoms with van der Waals surface area (Å²) in [7, 11) is 0. The van der Waals surface area contributed by atoms with Crippen molar-refractivity contribution in [3.05, 3.63) is 46.0 Å². The molecule has 0 saturated heterocycles. The quantitative estimate of drug-likeness (QED) is 0.641. The molecule has 8 heteroatoms. The summed E-state index contributed by atoms with van der Waals surface area (Å²) in [5.41, 5.74) is 0.632. The van der Waals surface area contributed by atoms with Crippen LogP contribution in [0, 0.1) is 17.0 Å². The maximum Gasteiger partial charge on any atom is 0.372 e. The van der Waals surface area contributed by atoms with E-state index < -0.39 is 4.92 Å². The Morgan fingerprint density at radius 1 is 1.43 bits per heavy atom. The van der Waals surface area contributed by atoms with Crippen LogP contribution in [0.5, 0.6) is 5.88 Å². The van der Waals surface area contributed by atoms with Crippen LogP contribution < -0.4 is 10.1 Å². The minimum Gasteiger partial charge on any atom is -0.473 e. The van der Waals surface area contributed by atoms with Gasteiger partial charge in [0.25, 0.3) is 5.88 Å². The van der Waals surface area contributed by atoms with Gasteiger partial charge in [0, 0.05) is 18.9 Å². The van der Waals surface area contributed by atoms with Crippen LogP contribution in [0.3, 0.4) is 0 Å². The predicted octanol–water partition coefficient (Wildman–Crippen LogP) is 2.10. The lowest BCUT2D eigenvalue weighted by molar-refractivity contribution is -0.385. The zero-order valence-electron chi connectivity index (χ0n) is 11.7. The van der Waals surface area contributed by atoms with Crippen molar-refractivity contribution in [1.29, 1.82) is 0 Å². The molecule has 2 rings (SSSR count). The molecule has 21 heavy (non-hydrogen) atoms. The van der Waals surface area contributed by atoms with E-state index in [1.54, 1.807) is 32.3 Å². The third kappa shape index (κ3) is 3.62. The lowest BCUT2D eigenvalue weighted by Crippen LogP contribution is -2.09. The highest BCUT2D eigenvalue weighted by Gasteiger charge is 2.25. The third-order valence-corrected chi connectivity index (χ3v) is 2.61. The molecule has 0 aliphatic carbocycles. The molecule has 0 aromatic carbocycles. The molecule has 0 aliphatic heterocycles.